The molecule has 1 heteroatoms. The van der Waals surface area contributed by atoms with Crippen molar-refractivity contribution in [1.29, 1.82) is 0 Å². The molecule has 0 radical (unpaired) electrons. The lowest BCUT2D eigenvalue weighted by atomic mass is 10.1. The van der Waals surface area contributed by atoms with E-state index in [9.17, 15) is 4.79 Å². The van der Waals surface area contributed by atoms with Crippen LogP contribution in [0.3, 0.4) is 0 Å². The summed E-state index contributed by atoms with van der Waals surface area (Å²) in [6.45, 7) is 3.70. The number of ketones is 1. The summed E-state index contributed by atoms with van der Waals surface area (Å²) in [6, 6.07) is 0. The Bertz CT molecular complexity index is 332. The fourth-order valence-electron chi connectivity index (χ4n) is 1.76. The molecule has 0 spiro atoms. The van der Waals surface area contributed by atoms with Crippen LogP contribution >= 0.6 is 0 Å². The second kappa shape index (κ2) is 15.7. The maximum atomic E-state index is 10.7. The number of carbonyl (C=O) groups is 1. The molecule has 0 aliphatic heterocycles. The quantitative estimate of drug-likeness (QED) is 0.244. The molecule has 0 unspecified atom stereocenters. The van der Waals surface area contributed by atoms with Crippen LogP contribution in [-0.4, -0.2) is 5.78 Å². The van der Waals surface area contributed by atoms with Gasteiger partial charge in [-0.3, -0.25) is 0 Å². The summed E-state index contributed by atoms with van der Waals surface area (Å²) in [6.07, 6.45) is 26.0. The fourth-order valence-corrected chi connectivity index (χ4v) is 1.76. The third kappa shape index (κ3) is 16.6. The van der Waals surface area contributed by atoms with Crippen LogP contribution in [-0.2, 0) is 4.79 Å². The van der Waals surface area contributed by atoms with Gasteiger partial charge in [0.25, 0.3) is 0 Å². The van der Waals surface area contributed by atoms with E-state index < -0.39 is 0 Å². The van der Waals surface area contributed by atoms with Crippen LogP contribution in [0.25, 0.3) is 0 Å². The Morgan fingerprint density at radius 2 is 1.30 bits per heavy atom. The van der Waals surface area contributed by atoms with Gasteiger partial charge < -0.3 is 4.79 Å². The first kappa shape index (κ1) is 18.6. The first-order valence-electron chi connectivity index (χ1n) is 7.84. The molecule has 0 heterocycles. The lowest BCUT2D eigenvalue weighted by Crippen LogP contribution is -1.85. The highest BCUT2D eigenvalue weighted by Crippen LogP contribution is 2.03. The van der Waals surface area contributed by atoms with Crippen LogP contribution in [0.2, 0.25) is 0 Å². The zero-order valence-corrected chi connectivity index (χ0v) is 13.2. The highest BCUT2D eigenvalue weighted by Gasteiger charge is 1.87. The van der Waals surface area contributed by atoms with Gasteiger partial charge in [-0.15, -0.1) is 0 Å². The van der Waals surface area contributed by atoms with Crippen molar-refractivity contribution >= 4 is 5.78 Å². The maximum absolute atomic E-state index is 10.7. The van der Waals surface area contributed by atoms with Crippen LogP contribution in [0.15, 0.2) is 48.6 Å². The Morgan fingerprint density at radius 1 is 0.750 bits per heavy atom. The van der Waals surface area contributed by atoms with E-state index in [2.05, 4.69) is 49.5 Å². The van der Waals surface area contributed by atoms with Crippen LogP contribution in [0.4, 0.5) is 0 Å². The Balaban J connectivity index is 3.32. The minimum Gasteiger partial charge on any atom is -0.300 e. The van der Waals surface area contributed by atoms with E-state index in [-0.39, 0.29) is 5.78 Å². The minimum absolute atomic E-state index is 0.261. The lowest BCUT2D eigenvalue weighted by Gasteiger charge is -1.93. The Kier molecular flexibility index (Phi) is 14.6. The van der Waals surface area contributed by atoms with E-state index in [0.29, 0.717) is 6.42 Å². The average Bonchev–Trinajstić information content (AvgIpc) is 2.43. The Labute approximate surface area is 125 Å². The second-order valence-corrected chi connectivity index (χ2v) is 5.00. The van der Waals surface area contributed by atoms with E-state index in [1.807, 2.05) is 6.08 Å². The number of allylic oxidation sites excluding steroid dienone is 8. The largest absolute Gasteiger partial charge is 0.300 e. The van der Waals surface area contributed by atoms with Crippen molar-refractivity contribution in [3.8, 4) is 0 Å². The molecule has 0 aromatic heterocycles. The summed E-state index contributed by atoms with van der Waals surface area (Å²) in [4.78, 5) is 10.7. The van der Waals surface area contributed by atoms with E-state index in [4.69, 9.17) is 0 Å². The second-order valence-electron chi connectivity index (χ2n) is 5.00. The molecule has 0 atom stereocenters. The van der Waals surface area contributed by atoms with E-state index >= 15 is 0 Å². The van der Waals surface area contributed by atoms with Crippen molar-refractivity contribution in [2.75, 3.05) is 0 Å². The molecule has 1 nitrogen and oxygen atoms in total. The normalized spacial score (nSPS) is 12.5. The SMILES string of the molecule is C/C=C/CC/C=C/CCCC/C=C/C=C/CCC(C)=O. The highest BCUT2D eigenvalue weighted by molar-refractivity contribution is 5.75. The van der Waals surface area contributed by atoms with Gasteiger partial charge >= 0.3 is 0 Å². The van der Waals surface area contributed by atoms with Gasteiger partial charge in [-0.25, -0.2) is 0 Å². The number of hydrogen-bond donors (Lipinski definition) is 0. The number of rotatable bonds is 12. The fraction of sp³-hybridized carbons (Fsp3) is 0.526. The molecule has 0 aliphatic rings. The summed E-state index contributed by atoms with van der Waals surface area (Å²) >= 11 is 0. The molecule has 0 N–H and O–H groups in total. The number of unbranched alkanes of at least 4 members (excludes halogenated alkanes) is 4. The van der Waals surface area contributed by atoms with Gasteiger partial charge in [0.05, 0.1) is 0 Å². The third-order valence-corrected chi connectivity index (χ3v) is 2.94. The van der Waals surface area contributed by atoms with Crippen molar-refractivity contribution in [2.45, 2.75) is 65.2 Å². The van der Waals surface area contributed by atoms with Gasteiger partial charge in [0.15, 0.2) is 0 Å². The average molecular weight is 274 g/mol. The predicted molar refractivity (Wildman–Crippen MR) is 89.9 cm³/mol. The standard InChI is InChI=1S/C19H30O/c1-3-4-5-6-7-8-9-10-11-12-13-14-15-16-17-18-19(2)20/h3-4,7-8,13-16H,5-6,9-12,17-18H2,1-2H3/b4-3+,8-7+,14-13+,16-15+. The van der Waals surface area contributed by atoms with Crippen LogP contribution in [0.5, 0.6) is 0 Å². The highest BCUT2D eigenvalue weighted by atomic mass is 16.1. The Hall–Kier alpha value is -1.37. The van der Waals surface area contributed by atoms with E-state index in [0.717, 1.165) is 25.7 Å². The van der Waals surface area contributed by atoms with Crippen LogP contribution in [0, 0.1) is 0 Å². The van der Waals surface area contributed by atoms with Gasteiger partial charge in [0.1, 0.15) is 5.78 Å². The van der Waals surface area contributed by atoms with Gasteiger partial charge in [-0.2, -0.15) is 0 Å². The summed E-state index contributed by atoms with van der Waals surface area (Å²) in [7, 11) is 0. The van der Waals surface area contributed by atoms with Crippen molar-refractivity contribution in [3.05, 3.63) is 48.6 Å². The van der Waals surface area contributed by atoms with Crippen molar-refractivity contribution in [1.82, 2.24) is 0 Å². The first-order chi connectivity index (χ1) is 9.77. The molecule has 0 bridgehead atoms. The lowest BCUT2D eigenvalue weighted by molar-refractivity contribution is -0.116. The summed E-state index contributed by atoms with van der Waals surface area (Å²) < 4.78 is 0. The summed E-state index contributed by atoms with van der Waals surface area (Å²) in [5.74, 6) is 0.261. The molecule has 0 saturated heterocycles. The molecule has 0 aromatic carbocycles. The molecular weight excluding hydrogens is 244 g/mol. The van der Waals surface area contributed by atoms with Crippen LogP contribution < -0.4 is 0 Å². The third-order valence-electron chi connectivity index (χ3n) is 2.94. The van der Waals surface area contributed by atoms with Crippen molar-refractivity contribution in [3.63, 3.8) is 0 Å². The molecule has 0 amide bonds. The van der Waals surface area contributed by atoms with Gasteiger partial charge in [0, 0.05) is 6.42 Å². The Morgan fingerprint density at radius 3 is 1.95 bits per heavy atom. The topological polar surface area (TPSA) is 17.1 Å². The smallest absolute Gasteiger partial charge is 0.130 e. The number of hydrogen-bond acceptors (Lipinski definition) is 1. The molecule has 0 aromatic rings. The molecule has 112 valence electrons. The van der Waals surface area contributed by atoms with Crippen molar-refractivity contribution in [2.24, 2.45) is 0 Å². The monoisotopic (exact) mass is 274 g/mol. The molecule has 0 aliphatic carbocycles. The van der Waals surface area contributed by atoms with Gasteiger partial charge in [-0.1, -0.05) is 48.6 Å². The molecule has 0 rings (SSSR count). The number of Topliss-reactive ketones (excluding diaryl/α,β-unsaturated/α-hetero) is 1. The summed E-state index contributed by atoms with van der Waals surface area (Å²) in [5, 5.41) is 0. The molecule has 20 heavy (non-hydrogen) atoms. The minimum atomic E-state index is 0.261. The zero-order chi connectivity index (χ0) is 14.9. The van der Waals surface area contributed by atoms with Gasteiger partial charge in [-0.05, 0) is 58.8 Å². The van der Waals surface area contributed by atoms with Crippen molar-refractivity contribution < 1.29 is 4.79 Å². The molecule has 0 saturated carbocycles. The number of carbonyl (C=O) groups excluding carboxylic acids is 1. The molecular formula is C19H30O. The van der Waals surface area contributed by atoms with Gasteiger partial charge in [0.2, 0.25) is 0 Å². The van der Waals surface area contributed by atoms with E-state index in [1.54, 1.807) is 6.92 Å². The molecule has 0 fully saturated rings. The first-order valence-corrected chi connectivity index (χ1v) is 7.84. The summed E-state index contributed by atoms with van der Waals surface area (Å²) in [5.41, 5.74) is 0. The predicted octanol–water partition coefficient (Wildman–Crippen LogP) is 5.94. The van der Waals surface area contributed by atoms with E-state index in [1.165, 1.54) is 19.3 Å². The van der Waals surface area contributed by atoms with Crippen LogP contribution in [0.1, 0.15) is 65.2 Å². The maximum Gasteiger partial charge on any atom is 0.130 e. The zero-order valence-electron chi connectivity index (χ0n) is 13.2.